The van der Waals surface area contributed by atoms with Gasteiger partial charge in [0.05, 0.1) is 0 Å². The summed E-state index contributed by atoms with van der Waals surface area (Å²) in [6.45, 7) is 8.38. The summed E-state index contributed by atoms with van der Waals surface area (Å²) in [4.78, 5) is 16.9. The predicted molar refractivity (Wildman–Crippen MR) is 109 cm³/mol. The number of ether oxygens (including phenoxy) is 2. The van der Waals surface area contributed by atoms with E-state index in [9.17, 15) is 4.79 Å². The Kier molecular flexibility index (Phi) is 5.27. The average Bonchev–Trinajstić information content (AvgIpc) is 3.02. The van der Waals surface area contributed by atoms with Crippen LogP contribution < -0.4 is 9.47 Å². The fourth-order valence-corrected chi connectivity index (χ4v) is 3.93. The molecule has 0 spiro atoms. The molecule has 1 fully saturated rings. The van der Waals surface area contributed by atoms with Crippen molar-refractivity contribution in [3.05, 3.63) is 59.7 Å². The first-order valence-corrected chi connectivity index (χ1v) is 9.98. The van der Waals surface area contributed by atoms with E-state index in [-0.39, 0.29) is 18.1 Å². The second-order valence-electron chi connectivity index (χ2n) is 8.21. The number of carbonyl (C=O) groups excluding carboxylic acids is 1. The first-order valence-electron chi connectivity index (χ1n) is 9.98. The number of piperazine rings is 1. The van der Waals surface area contributed by atoms with Crippen LogP contribution >= 0.6 is 0 Å². The molecule has 28 heavy (non-hydrogen) atoms. The molecule has 0 saturated carbocycles. The van der Waals surface area contributed by atoms with Crippen molar-refractivity contribution in [2.24, 2.45) is 0 Å². The molecule has 2 aromatic rings. The second-order valence-corrected chi connectivity index (χ2v) is 8.21. The number of hydrogen-bond acceptors (Lipinski definition) is 4. The first kappa shape index (κ1) is 18.8. The van der Waals surface area contributed by atoms with Crippen LogP contribution in [0.15, 0.2) is 48.5 Å². The van der Waals surface area contributed by atoms with Crippen LogP contribution in [0, 0.1) is 0 Å². The maximum absolute atomic E-state index is 12.6. The topological polar surface area (TPSA) is 42.0 Å². The van der Waals surface area contributed by atoms with Crippen LogP contribution in [0.1, 0.15) is 25.0 Å². The van der Waals surface area contributed by atoms with Gasteiger partial charge in [0.2, 0.25) is 0 Å². The number of hydrogen-bond donors (Lipinski definition) is 0. The maximum Gasteiger partial charge on any atom is 0.260 e. The van der Waals surface area contributed by atoms with Gasteiger partial charge in [-0.05, 0) is 25.5 Å². The van der Waals surface area contributed by atoms with Gasteiger partial charge >= 0.3 is 0 Å². The van der Waals surface area contributed by atoms with E-state index in [1.165, 1.54) is 5.56 Å². The zero-order valence-electron chi connectivity index (χ0n) is 16.7. The van der Waals surface area contributed by atoms with Crippen molar-refractivity contribution in [2.45, 2.75) is 32.4 Å². The highest BCUT2D eigenvalue weighted by Gasteiger charge is 2.32. The van der Waals surface area contributed by atoms with Gasteiger partial charge in [0.15, 0.2) is 18.1 Å². The third-order valence-corrected chi connectivity index (χ3v) is 5.38. The van der Waals surface area contributed by atoms with Gasteiger partial charge in [-0.15, -0.1) is 0 Å². The lowest BCUT2D eigenvalue weighted by Gasteiger charge is -2.34. The fourth-order valence-electron chi connectivity index (χ4n) is 3.93. The Labute approximate surface area is 166 Å². The molecule has 0 aromatic heterocycles. The maximum atomic E-state index is 12.6. The molecular weight excluding hydrogens is 352 g/mol. The van der Waals surface area contributed by atoms with Crippen molar-refractivity contribution in [2.75, 3.05) is 32.8 Å². The SMILES string of the molecule is CC1(C)Cc2cccc(OCC(=O)N3CCN(Cc4ccccc4)CC3)c2O1. The Morgan fingerprint density at radius 2 is 1.79 bits per heavy atom. The Morgan fingerprint density at radius 1 is 1.04 bits per heavy atom. The smallest absolute Gasteiger partial charge is 0.260 e. The van der Waals surface area contributed by atoms with Crippen molar-refractivity contribution in [3.63, 3.8) is 0 Å². The predicted octanol–water partition coefficient (Wildman–Crippen LogP) is 3.12. The number of rotatable bonds is 5. The number of para-hydroxylation sites is 1. The van der Waals surface area contributed by atoms with Crippen molar-refractivity contribution in [3.8, 4) is 11.5 Å². The Bertz CT molecular complexity index is 827. The monoisotopic (exact) mass is 380 g/mol. The standard InChI is InChI=1S/C23H28N2O3/c1-23(2)15-19-9-6-10-20(22(19)28-23)27-17-21(26)25-13-11-24(12-14-25)16-18-7-4-3-5-8-18/h3-10H,11-17H2,1-2H3. The van der Waals surface area contributed by atoms with Crippen molar-refractivity contribution < 1.29 is 14.3 Å². The molecule has 5 heteroatoms. The van der Waals surface area contributed by atoms with Crippen molar-refractivity contribution in [1.82, 2.24) is 9.80 Å². The summed E-state index contributed by atoms with van der Waals surface area (Å²) < 4.78 is 11.9. The number of carbonyl (C=O) groups is 1. The quantitative estimate of drug-likeness (QED) is 0.799. The molecular formula is C23H28N2O3. The summed E-state index contributed by atoms with van der Waals surface area (Å²) >= 11 is 0. The van der Waals surface area contributed by atoms with Crippen LogP contribution in [0.4, 0.5) is 0 Å². The average molecular weight is 380 g/mol. The zero-order chi connectivity index (χ0) is 19.6. The van der Waals surface area contributed by atoms with E-state index < -0.39 is 0 Å². The minimum atomic E-state index is -0.221. The number of benzene rings is 2. The van der Waals surface area contributed by atoms with Crippen molar-refractivity contribution in [1.29, 1.82) is 0 Å². The van der Waals surface area contributed by atoms with Crippen LogP contribution in [-0.4, -0.2) is 54.1 Å². The molecule has 0 bridgehead atoms. The fraction of sp³-hybridized carbons (Fsp3) is 0.435. The molecule has 0 atom stereocenters. The second kappa shape index (κ2) is 7.84. The highest BCUT2D eigenvalue weighted by molar-refractivity contribution is 5.78. The van der Waals surface area contributed by atoms with Crippen LogP contribution in [0.2, 0.25) is 0 Å². The summed E-state index contributed by atoms with van der Waals surface area (Å²) in [6.07, 6.45) is 0.858. The molecule has 1 amide bonds. The van der Waals surface area contributed by atoms with E-state index in [1.54, 1.807) is 0 Å². The lowest BCUT2D eigenvalue weighted by molar-refractivity contribution is -0.135. The zero-order valence-corrected chi connectivity index (χ0v) is 16.7. The Morgan fingerprint density at radius 3 is 2.54 bits per heavy atom. The molecule has 0 aliphatic carbocycles. The highest BCUT2D eigenvalue weighted by atomic mass is 16.5. The van der Waals surface area contributed by atoms with Gasteiger partial charge in [-0.25, -0.2) is 0 Å². The molecule has 0 unspecified atom stereocenters. The molecule has 2 aliphatic heterocycles. The van der Waals surface area contributed by atoms with Gasteiger partial charge in [-0.2, -0.15) is 0 Å². The molecule has 5 nitrogen and oxygen atoms in total. The number of fused-ring (bicyclic) bond motifs is 1. The Hall–Kier alpha value is -2.53. The number of amides is 1. The summed E-state index contributed by atoms with van der Waals surface area (Å²) in [5, 5.41) is 0. The molecule has 2 aromatic carbocycles. The normalized spacial score (nSPS) is 18.4. The summed E-state index contributed by atoms with van der Waals surface area (Å²) in [5.41, 5.74) is 2.23. The number of nitrogens with zero attached hydrogens (tertiary/aromatic N) is 2. The molecule has 1 saturated heterocycles. The summed E-state index contributed by atoms with van der Waals surface area (Å²) in [7, 11) is 0. The summed E-state index contributed by atoms with van der Waals surface area (Å²) in [6, 6.07) is 16.4. The molecule has 148 valence electrons. The van der Waals surface area contributed by atoms with E-state index in [0.717, 1.165) is 50.5 Å². The largest absolute Gasteiger partial charge is 0.483 e. The third-order valence-electron chi connectivity index (χ3n) is 5.38. The summed E-state index contributed by atoms with van der Waals surface area (Å²) in [5.74, 6) is 1.49. The van der Waals surface area contributed by atoms with E-state index in [1.807, 2.05) is 23.1 Å². The molecule has 4 rings (SSSR count). The van der Waals surface area contributed by atoms with Gasteiger partial charge in [-0.1, -0.05) is 42.5 Å². The third kappa shape index (κ3) is 4.30. The molecule has 2 aliphatic rings. The van der Waals surface area contributed by atoms with E-state index in [2.05, 4.69) is 49.1 Å². The van der Waals surface area contributed by atoms with Gasteiger partial charge < -0.3 is 14.4 Å². The van der Waals surface area contributed by atoms with E-state index in [4.69, 9.17) is 9.47 Å². The lowest BCUT2D eigenvalue weighted by Crippen LogP contribution is -2.49. The first-order chi connectivity index (χ1) is 13.5. The Balaban J connectivity index is 1.28. The molecule has 0 radical (unpaired) electrons. The minimum Gasteiger partial charge on any atom is -0.483 e. The van der Waals surface area contributed by atoms with Crippen LogP contribution in [0.25, 0.3) is 0 Å². The van der Waals surface area contributed by atoms with Crippen LogP contribution in [-0.2, 0) is 17.8 Å². The van der Waals surface area contributed by atoms with Gasteiger partial charge in [0.1, 0.15) is 5.60 Å². The van der Waals surface area contributed by atoms with Gasteiger partial charge in [0.25, 0.3) is 5.91 Å². The van der Waals surface area contributed by atoms with Gasteiger partial charge in [-0.3, -0.25) is 9.69 Å². The van der Waals surface area contributed by atoms with E-state index >= 15 is 0 Å². The van der Waals surface area contributed by atoms with Crippen LogP contribution in [0.5, 0.6) is 11.5 Å². The lowest BCUT2D eigenvalue weighted by atomic mass is 10.0. The minimum absolute atomic E-state index is 0.0363. The highest BCUT2D eigenvalue weighted by Crippen LogP contribution is 2.41. The van der Waals surface area contributed by atoms with Crippen molar-refractivity contribution >= 4 is 5.91 Å². The molecule has 0 N–H and O–H groups in total. The van der Waals surface area contributed by atoms with Gasteiger partial charge in [0, 0.05) is 44.7 Å². The molecule has 2 heterocycles. The van der Waals surface area contributed by atoms with Crippen LogP contribution in [0.3, 0.4) is 0 Å². The van der Waals surface area contributed by atoms with E-state index in [0.29, 0.717) is 5.75 Å².